The summed E-state index contributed by atoms with van der Waals surface area (Å²) in [5.41, 5.74) is 4.76. The van der Waals surface area contributed by atoms with Crippen LogP contribution in [0, 0.1) is 5.92 Å². The van der Waals surface area contributed by atoms with Gasteiger partial charge in [0, 0.05) is 25.2 Å². The summed E-state index contributed by atoms with van der Waals surface area (Å²) in [5, 5.41) is 0. The van der Waals surface area contributed by atoms with Crippen LogP contribution in [0.5, 0.6) is 0 Å². The molecule has 2 unspecified atom stereocenters. The lowest BCUT2D eigenvalue weighted by atomic mass is 9.68. The molecule has 1 aliphatic rings. The van der Waals surface area contributed by atoms with E-state index in [0.717, 1.165) is 13.0 Å². The van der Waals surface area contributed by atoms with E-state index in [1.807, 2.05) is 0 Å². The van der Waals surface area contributed by atoms with Crippen LogP contribution < -0.4 is 11.3 Å². The molecule has 0 aromatic heterocycles. The number of ether oxygens (including phenoxy) is 1. The topological polar surface area (TPSA) is 47.3 Å². The number of hydrogen-bond donors (Lipinski definition) is 2. The predicted octanol–water partition coefficient (Wildman–Crippen LogP) is 3.00. The van der Waals surface area contributed by atoms with Crippen molar-refractivity contribution in [3.63, 3.8) is 0 Å². The number of nitrogens with one attached hydrogen (secondary N) is 1. The van der Waals surface area contributed by atoms with Crippen LogP contribution in [0.4, 0.5) is 0 Å². The van der Waals surface area contributed by atoms with Gasteiger partial charge in [0.05, 0.1) is 0 Å². The molecule has 1 aromatic carbocycles. The van der Waals surface area contributed by atoms with E-state index in [4.69, 9.17) is 10.6 Å². The van der Waals surface area contributed by atoms with Gasteiger partial charge in [-0.3, -0.25) is 11.3 Å². The maximum Gasteiger partial charge on any atom is 0.0465 e. The average Bonchev–Trinajstić information content (AvgIpc) is 2.97. The minimum atomic E-state index is 0.184. The van der Waals surface area contributed by atoms with Gasteiger partial charge in [-0.25, -0.2) is 0 Å². The van der Waals surface area contributed by atoms with E-state index >= 15 is 0 Å². The zero-order chi connectivity index (χ0) is 14.4. The van der Waals surface area contributed by atoms with Crippen molar-refractivity contribution in [1.82, 2.24) is 5.43 Å². The fourth-order valence-electron chi connectivity index (χ4n) is 3.89. The van der Waals surface area contributed by atoms with Gasteiger partial charge < -0.3 is 4.74 Å². The van der Waals surface area contributed by atoms with Crippen LogP contribution in [0.2, 0.25) is 0 Å². The smallest absolute Gasteiger partial charge is 0.0465 e. The number of rotatable bonds is 7. The SMILES string of the molecule is COCCC(C)C(NN)C1(c2ccccc2)CCCC1. The van der Waals surface area contributed by atoms with E-state index in [2.05, 4.69) is 42.7 Å². The lowest BCUT2D eigenvalue weighted by molar-refractivity contribution is 0.148. The van der Waals surface area contributed by atoms with E-state index in [9.17, 15) is 0 Å². The largest absolute Gasteiger partial charge is 0.385 e. The van der Waals surface area contributed by atoms with Gasteiger partial charge in [-0.15, -0.1) is 0 Å². The number of nitrogens with two attached hydrogens (primary N) is 1. The molecular weight excluding hydrogens is 248 g/mol. The number of methoxy groups -OCH3 is 1. The Balaban J connectivity index is 2.26. The van der Waals surface area contributed by atoms with Gasteiger partial charge in [-0.1, -0.05) is 50.1 Å². The number of hydrazine groups is 1. The van der Waals surface area contributed by atoms with Crippen LogP contribution in [0.3, 0.4) is 0 Å². The molecular formula is C17H28N2O. The minimum Gasteiger partial charge on any atom is -0.385 e. The van der Waals surface area contributed by atoms with E-state index in [0.29, 0.717) is 12.0 Å². The molecule has 3 nitrogen and oxygen atoms in total. The van der Waals surface area contributed by atoms with Crippen LogP contribution in [0.15, 0.2) is 30.3 Å². The molecule has 0 spiro atoms. The Bertz CT molecular complexity index is 387. The molecule has 1 saturated carbocycles. The average molecular weight is 276 g/mol. The van der Waals surface area contributed by atoms with Gasteiger partial charge in [-0.2, -0.15) is 0 Å². The third kappa shape index (κ3) is 3.05. The molecule has 0 bridgehead atoms. The zero-order valence-electron chi connectivity index (χ0n) is 12.8. The van der Waals surface area contributed by atoms with Crippen molar-refractivity contribution in [2.75, 3.05) is 13.7 Å². The van der Waals surface area contributed by atoms with Crippen LogP contribution in [-0.4, -0.2) is 19.8 Å². The molecule has 0 radical (unpaired) electrons. The lowest BCUT2D eigenvalue weighted by Crippen LogP contribution is -2.53. The summed E-state index contributed by atoms with van der Waals surface area (Å²) >= 11 is 0. The van der Waals surface area contributed by atoms with Gasteiger partial charge in [0.2, 0.25) is 0 Å². The Morgan fingerprint density at radius 3 is 2.45 bits per heavy atom. The van der Waals surface area contributed by atoms with Crippen molar-refractivity contribution in [2.24, 2.45) is 11.8 Å². The first-order valence-corrected chi connectivity index (χ1v) is 7.75. The van der Waals surface area contributed by atoms with E-state index in [-0.39, 0.29) is 5.41 Å². The normalized spacial score (nSPS) is 20.8. The predicted molar refractivity (Wildman–Crippen MR) is 83.4 cm³/mol. The van der Waals surface area contributed by atoms with Crippen LogP contribution in [0.25, 0.3) is 0 Å². The molecule has 0 amide bonds. The summed E-state index contributed by atoms with van der Waals surface area (Å²) in [6.07, 6.45) is 6.08. The Morgan fingerprint density at radius 1 is 1.25 bits per heavy atom. The Kier molecular flexibility index (Phi) is 5.58. The van der Waals surface area contributed by atoms with Gasteiger partial charge in [0.25, 0.3) is 0 Å². The summed E-state index contributed by atoms with van der Waals surface area (Å²) in [6.45, 7) is 3.08. The number of benzene rings is 1. The highest BCUT2D eigenvalue weighted by molar-refractivity contribution is 5.29. The second-order valence-electron chi connectivity index (χ2n) is 6.13. The van der Waals surface area contributed by atoms with Gasteiger partial charge in [0.1, 0.15) is 0 Å². The molecule has 3 N–H and O–H groups in total. The fourth-order valence-corrected chi connectivity index (χ4v) is 3.89. The van der Waals surface area contributed by atoms with Crippen molar-refractivity contribution in [1.29, 1.82) is 0 Å². The maximum atomic E-state index is 5.96. The standard InChI is InChI=1S/C17H28N2O/c1-14(10-13-20-2)16(19-18)17(11-6-7-12-17)15-8-4-3-5-9-15/h3-5,8-9,14,16,19H,6-7,10-13,18H2,1-2H3. The Morgan fingerprint density at radius 2 is 1.90 bits per heavy atom. The van der Waals surface area contributed by atoms with Gasteiger partial charge in [-0.05, 0) is 30.7 Å². The number of hydrogen-bond acceptors (Lipinski definition) is 3. The van der Waals surface area contributed by atoms with Crippen LogP contribution in [0.1, 0.15) is 44.6 Å². The van der Waals surface area contributed by atoms with E-state index < -0.39 is 0 Å². The van der Waals surface area contributed by atoms with Crippen molar-refractivity contribution in [3.05, 3.63) is 35.9 Å². The van der Waals surface area contributed by atoms with Crippen molar-refractivity contribution in [3.8, 4) is 0 Å². The highest BCUT2D eigenvalue weighted by Gasteiger charge is 2.44. The Hall–Kier alpha value is -0.900. The van der Waals surface area contributed by atoms with Gasteiger partial charge in [0.15, 0.2) is 0 Å². The molecule has 112 valence electrons. The molecule has 2 atom stereocenters. The highest BCUT2D eigenvalue weighted by atomic mass is 16.5. The summed E-state index contributed by atoms with van der Waals surface area (Å²) in [7, 11) is 1.76. The third-order valence-electron chi connectivity index (χ3n) is 4.97. The van der Waals surface area contributed by atoms with Crippen molar-refractivity contribution < 1.29 is 4.74 Å². The molecule has 2 rings (SSSR count). The summed E-state index contributed by atoms with van der Waals surface area (Å²) in [4.78, 5) is 0. The van der Waals surface area contributed by atoms with Crippen molar-refractivity contribution >= 4 is 0 Å². The Labute approximate surface area is 122 Å². The third-order valence-corrected chi connectivity index (χ3v) is 4.97. The summed E-state index contributed by atoms with van der Waals surface area (Å²) in [6, 6.07) is 11.2. The molecule has 1 aliphatic carbocycles. The zero-order valence-corrected chi connectivity index (χ0v) is 12.8. The lowest BCUT2D eigenvalue weighted by Gasteiger charge is -2.41. The van der Waals surface area contributed by atoms with Crippen LogP contribution >= 0.6 is 0 Å². The molecule has 3 heteroatoms. The van der Waals surface area contributed by atoms with Crippen molar-refractivity contribution in [2.45, 2.75) is 50.5 Å². The monoisotopic (exact) mass is 276 g/mol. The second kappa shape index (κ2) is 7.21. The summed E-state index contributed by atoms with van der Waals surface area (Å²) in [5.74, 6) is 6.46. The van der Waals surface area contributed by atoms with E-state index in [1.54, 1.807) is 7.11 Å². The first kappa shape index (κ1) is 15.5. The quantitative estimate of drug-likeness (QED) is 0.594. The molecule has 20 heavy (non-hydrogen) atoms. The molecule has 1 fully saturated rings. The van der Waals surface area contributed by atoms with Crippen LogP contribution in [-0.2, 0) is 10.2 Å². The molecule has 0 heterocycles. The minimum absolute atomic E-state index is 0.184. The first-order chi connectivity index (χ1) is 9.74. The molecule has 0 aliphatic heterocycles. The molecule has 0 saturated heterocycles. The second-order valence-corrected chi connectivity index (χ2v) is 6.13. The maximum absolute atomic E-state index is 5.96. The molecule has 1 aromatic rings. The highest BCUT2D eigenvalue weighted by Crippen LogP contribution is 2.46. The fraction of sp³-hybridized carbons (Fsp3) is 0.647. The van der Waals surface area contributed by atoms with E-state index in [1.165, 1.54) is 31.2 Å². The van der Waals surface area contributed by atoms with Gasteiger partial charge >= 0.3 is 0 Å². The summed E-state index contributed by atoms with van der Waals surface area (Å²) < 4.78 is 5.24. The first-order valence-electron chi connectivity index (χ1n) is 7.75.